The molecule has 0 spiro atoms. The maximum atomic E-state index is 13.1. The van der Waals surface area contributed by atoms with Crippen LogP contribution in [0.5, 0.6) is 0 Å². The van der Waals surface area contributed by atoms with Crippen LogP contribution in [-0.2, 0) is 10.9 Å². The van der Waals surface area contributed by atoms with Crippen LogP contribution in [0.1, 0.15) is 34.7 Å². The second-order valence-electron chi connectivity index (χ2n) is 7.89. The number of ether oxygens (including phenoxy) is 1. The molecule has 0 bridgehead atoms. The molecule has 0 unspecified atom stereocenters. The second kappa shape index (κ2) is 10.5. The number of carbonyl (C=O) groups excluding carboxylic acids is 2. The molecule has 4 rings (SSSR count). The molecule has 190 valence electrons. The zero-order chi connectivity index (χ0) is 25.9. The molecule has 3 heterocycles. The van der Waals surface area contributed by atoms with E-state index in [9.17, 15) is 22.8 Å². The van der Waals surface area contributed by atoms with E-state index in [2.05, 4.69) is 25.7 Å². The summed E-state index contributed by atoms with van der Waals surface area (Å²) >= 11 is 5.78. The van der Waals surface area contributed by atoms with Gasteiger partial charge in [0.1, 0.15) is 6.33 Å². The molecular weight excluding hydrogens is 503 g/mol. The second-order valence-corrected chi connectivity index (χ2v) is 8.32. The number of aromatic nitrogens is 4. The molecule has 36 heavy (non-hydrogen) atoms. The zero-order valence-electron chi connectivity index (χ0n) is 18.9. The van der Waals surface area contributed by atoms with Gasteiger partial charge in [-0.25, -0.2) is 14.8 Å². The van der Waals surface area contributed by atoms with Crippen LogP contribution in [0.25, 0.3) is 5.82 Å². The van der Waals surface area contributed by atoms with Crippen LogP contribution in [0.2, 0.25) is 5.02 Å². The standard InChI is InChI=1S/C22H21ClF3N7O3/c1-13(30-20(34)14-8-15(22(24,25)26)10-16(23)9-14)19-28-12-29-33(19)18-3-2-17(11-27-18)31-21(35)32-4-6-36-7-5-32/h2-3,8-13H,4-7H2,1H3,(H,30,34)(H,31,35)/t13-/m0/s1. The number of hydrogen-bond donors (Lipinski definition) is 2. The van der Waals surface area contributed by atoms with Gasteiger partial charge in [-0.1, -0.05) is 11.6 Å². The number of nitrogens with one attached hydrogen (secondary N) is 2. The van der Waals surface area contributed by atoms with Gasteiger partial charge >= 0.3 is 12.2 Å². The molecule has 3 amide bonds. The Bertz CT molecular complexity index is 1240. The average Bonchev–Trinajstić information content (AvgIpc) is 3.34. The highest BCUT2D eigenvalue weighted by atomic mass is 35.5. The van der Waals surface area contributed by atoms with Crippen molar-refractivity contribution in [3.63, 3.8) is 0 Å². The average molecular weight is 524 g/mol. The number of pyridine rings is 1. The Morgan fingerprint density at radius 3 is 2.56 bits per heavy atom. The number of benzene rings is 1. The minimum atomic E-state index is -4.65. The van der Waals surface area contributed by atoms with Crippen molar-refractivity contribution < 1.29 is 27.5 Å². The number of nitrogens with zero attached hydrogens (tertiary/aromatic N) is 5. The summed E-state index contributed by atoms with van der Waals surface area (Å²) < 4.78 is 45.9. The fraction of sp³-hybridized carbons (Fsp3) is 0.318. The predicted molar refractivity (Wildman–Crippen MR) is 123 cm³/mol. The molecule has 0 saturated carbocycles. The van der Waals surface area contributed by atoms with Gasteiger partial charge in [-0.2, -0.15) is 23.0 Å². The van der Waals surface area contributed by atoms with Crippen molar-refractivity contribution in [2.45, 2.75) is 19.1 Å². The molecule has 1 aromatic carbocycles. The minimum absolute atomic E-state index is 0.212. The van der Waals surface area contributed by atoms with E-state index < -0.39 is 23.7 Å². The van der Waals surface area contributed by atoms with Crippen molar-refractivity contribution in [2.24, 2.45) is 0 Å². The number of hydrogen-bond acceptors (Lipinski definition) is 6. The Morgan fingerprint density at radius 1 is 1.14 bits per heavy atom. The third kappa shape index (κ3) is 5.91. The molecule has 1 saturated heterocycles. The smallest absolute Gasteiger partial charge is 0.378 e. The lowest BCUT2D eigenvalue weighted by Gasteiger charge is -2.26. The van der Waals surface area contributed by atoms with Crippen molar-refractivity contribution in [3.05, 3.63) is 64.8 Å². The highest BCUT2D eigenvalue weighted by Crippen LogP contribution is 2.32. The summed E-state index contributed by atoms with van der Waals surface area (Å²) in [6.45, 7) is 3.56. The fourth-order valence-electron chi connectivity index (χ4n) is 3.51. The highest BCUT2D eigenvalue weighted by Gasteiger charge is 2.32. The summed E-state index contributed by atoms with van der Waals surface area (Å²) in [5.74, 6) is -0.117. The molecule has 0 aliphatic carbocycles. The van der Waals surface area contributed by atoms with Crippen LogP contribution in [0.4, 0.5) is 23.7 Å². The summed E-state index contributed by atoms with van der Waals surface area (Å²) in [4.78, 5) is 35.1. The van der Waals surface area contributed by atoms with Gasteiger partial charge in [-0.05, 0) is 37.3 Å². The summed E-state index contributed by atoms with van der Waals surface area (Å²) in [6.07, 6.45) is -1.94. The van der Waals surface area contributed by atoms with Crippen molar-refractivity contribution in [1.29, 1.82) is 0 Å². The lowest BCUT2D eigenvalue weighted by molar-refractivity contribution is -0.137. The van der Waals surface area contributed by atoms with Crippen LogP contribution in [0.15, 0.2) is 42.9 Å². The maximum absolute atomic E-state index is 13.1. The first kappa shape index (κ1) is 25.4. The topological polar surface area (TPSA) is 114 Å². The van der Waals surface area contributed by atoms with E-state index in [1.165, 1.54) is 17.2 Å². The predicted octanol–water partition coefficient (Wildman–Crippen LogP) is 3.69. The molecule has 1 aliphatic rings. The SMILES string of the molecule is C[C@H](NC(=O)c1cc(Cl)cc(C(F)(F)F)c1)c1ncnn1-c1ccc(NC(=O)N2CCOCC2)cn1. The van der Waals surface area contributed by atoms with Crippen LogP contribution in [0, 0.1) is 0 Å². The van der Waals surface area contributed by atoms with Gasteiger partial charge in [0.25, 0.3) is 5.91 Å². The van der Waals surface area contributed by atoms with Gasteiger partial charge < -0.3 is 20.3 Å². The van der Waals surface area contributed by atoms with Crippen molar-refractivity contribution >= 4 is 29.2 Å². The van der Waals surface area contributed by atoms with E-state index in [1.54, 1.807) is 24.0 Å². The van der Waals surface area contributed by atoms with E-state index in [0.29, 0.717) is 43.6 Å². The first-order valence-electron chi connectivity index (χ1n) is 10.8. The highest BCUT2D eigenvalue weighted by molar-refractivity contribution is 6.31. The summed E-state index contributed by atoms with van der Waals surface area (Å²) in [6, 6.07) is 4.86. The normalized spacial score (nSPS) is 14.9. The van der Waals surface area contributed by atoms with Crippen LogP contribution >= 0.6 is 11.6 Å². The molecule has 1 fully saturated rings. The number of carbonyl (C=O) groups is 2. The number of alkyl halides is 3. The van der Waals surface area contributed by atoms with E-state index in [1.807, 2.05) is 0 Å². The monoisotopic (exact) mass is 523 g/mol. The number of anilines is 1. The molecular formula is C22H21ClF3N7O3. The fourth-order valence-corrected chi connectivity index (χ4v) is 3.74. The number of rotatable bonds is 5. The summed E-state index contributed by atoms with van der Waals surface area (Å²) in [5, 5.41) is 9.27. The van der Waals surface area contributed by atoms with Crippen LogP contribution in [0.3, 0.4) is 0 Å². The number of urea groups is 1. The Balaban J connectivity index is 1.45. The minimum Gasteiger partial charge on any atom is -0.378 e. The van der Waals surface area contributed by atoms with Gasteiger partial charge in [-0.3, -0.25) is 4.79 Å². The summed E-state index contributed by atoms with van der Waals surface area (Å²) in [5.41, 5.74) is -0.799. The molecule has 1 aliphatic heterocycles. The third-order valence-electron chi connectivity index (χ3n) is 5.31. The molecule has 2 aromatic heterocycles. The molecule has 14 heteroatoms. The number of amides is 3. The maximum Gasteiger partial charge on any atom is 0.416 e. The van der Waals surface area contributed by atoms with Gasteiger partial charge in [0.15, 0.2) is 11.6 Å². The first-order chi connectivity index (χ1) is 17.1. The molecule has 10 nitrogen and oxygen atoms in total. The van der Waals surface area contributed by atoms with Gasteiger partial charge in [0, 0.05) is 23.7 Å². The van der Waals surface area contributed by atoms with Crippen LogP contribution < -0.4 is 10.6 Å². The molecule has 1 atom stereocenters. The molecule has 3 aromatic rings. The van der Waals surface area contributed by atoms with Crippen molar-refractivity contribution in [2.75, 3.05) is 31.6 Å². The van der Waals surface area contributed by atoms with Gasteiger partial charge in [-0.15, -0.1) is 0 Å². The lowest BCUT2D eigenvalue weighted by atomic mass is 10.1. The number of morpholine rings is 1. The molecule has 0 radical (unpaired) electrons. The Kier molecular flexibility index (Phi) is 7.40. The first-order valence-corrected chi connectivity index (χ1v) is 11.2. The molecule has 2 N–H and O–H groups in total. The van der Waals surface area contributed by atoms with Gasteiger partial charge in [0.2, 0.25) is 0 Å². The Labute approximate surface area is 208 Å². The van der Waals surface area contributed by atoms with Gasteiger partial charge in [0.05, 0.1) is 36.7 Å². The Hall–Kier alpha value is -3.71. The zero-order valence-corrected chi connectivity index (χ0v) is 19.7. The van der Waals surface area contributed by atoms with Crippen molar-refractivity contribution in [3.8, 4) is 5.82 Å². The number of halogens is 4. The quantitative estimate of drug-likeness (QED) is 0.527. The Morgan fingerprint density at radius 2 is 1.89 bits per heavy atom. The largest absolute Gasteiger partial charge is 0.416 e. The third-order valence-corrected chi connectivity index (χ3v) is 5.53. The van der Waals surface area contributed by atoms with Crippen LogP contribution in [-0.4, -0.2) is 62.9 Å². The van der Waals surface area contributed by atoms with Crippen molar-refractivity contribution in [1.82, 2.24) is 30.0 Å². The van der Waals surface area contributed by atoms with E-state index >= 15 is 0 Å². The van der Waals surface area contributed by atoms with E-state index in [-0.39, 0.29) is 16.6 Å². The lowest BCUT2D eigenvalue weighted by Crippen LogP contribution is -2.43. The van der Waals surface area contributed by atoms with E-state index in [4.69, 9.17) is 16.3 Å². The van der Waals surface area contributed by atoms with E-state index in [0.717, 1.165) is 18.2 Å². The summed E-state index contributed by atoms with van der Waals surface area (Å²) in [7, 11) is 0.